The first kappa shape index (κ1) is 13.5. The van der Waals surface area contributed by atoms with Gasteiger partial charge in [0.25, 0.3) is 5.91 Å². The van der Waals surface area contributed by atoms with E-state index in [9.17, 15) is 14.4 Å². The molecule has 3 rings (SSSR count). The van der Waals surface area contributed by atoms with Crippen LogP contribution in [0.1, 0.15) is 32.1 Å². The van der Waals surface area contributed by atoms with Crippen LogP contribution in [0.4, 0.5) is 0 Å². The van der Waals surface area contributed by atoms with Gasteiger partial charge in [-0.15, -0.1) is 0 Å². The van der Waals surface area contributed by atoms with Crippen molar-refractivity contribution in [1.29, 1.82) is 0 Å². The molecule has 4 unspecified atom stereocenters. The van der Waals surface area contributed by atoms with E-state index in [1.165, 1.54) is 19.9 Å². The van der Waals surface area contributed by atoms with E-state index in [0.29, 0.717) is 24.7 Å². The van der Waals surface area contributed by atoms with Gasteiger partial charge in [-0.25, -0.2) is 0 Å². The monoisotopic (exact) mass is 279 g/mol. The van der Waals surface area contributed by atoms with Gasteiger partial charge in [0, 0.05) is 13.5 Å². The second-order valence-electron chi connectivity index (χ2n) is 6.13. The summed E-state index contributed by atoms with van der Waals surface area (Å²) in [6, 6.07) is -0.717. The Balaban J connectivity index is 1.62. The average molecular weight is 279 g/mol. The molecule has 3 aliphatic rings. The number of carbonyl (C=O) groups excluding carboxylic acids is 3. The lowest BCUT2D eigenvalue weighted by atomic mass is 9.93. The third kappa shape index (κ3) is 2.22. The van der Waals surface area contributed by atoms with E-state index < -0.39 is 6.04 Å². The molecule has 0 bridgehead atoms. The van der Waals surface area contributed by atoms with Crippen molar-refractivity contribution in [2.75, 3.05) is 13.6 Å². The number of rotatable bonds is 2. The maximum Gasteiger partial charge on any atom is 0.251 e. The summed E-state index contributed by atoms with van der Waals surface area (Å²) < 4.78 is 0. The number of nitrogens with one attached hydrogen (secondary N) is 2. The zero-order chi connectivity index (χ0) is 14.3. The van der Waals surface area contributed by atoms with Crippen molar-refractivity contribution in [3.05, 3.63) is 0 Å². The molecule has 2 heterocycles. The van der Waals surface area contributed by atoms with Crippen molar-refractivity contribution in [2.24, 2.45) is 11.8 Å². The summed E-state index contributed by atoms with van der Waals surface area (Å²) >= 11 is 0. The van der Waals surface area contributed by atoms with Gasteiger partial charge >= 0.3 is 0 Å². The lowest BCUT2D eigenvalue weighted by Crippen LogP contribution is -2.56. The molecule has 0 radical (unpaired) electrons. The first-order chi connectivity index (χ1) is 9.58. The van der Waals surface area contributed by atoms with Gasteiger partial charge in [-0.05, 0) is 37.6 Å². The van der Waals surface area contributed by atoms with Crippen molar-refractivity contribution < 1.29 is 14.4 Å². The fraction of sp³-hybridized carbons (Fsp3) is 0.786. The van der Waals surface area contributed by atoms with Crippen LogP contribution >= 0.6 is 0 Å². The molecule has 0 spiro atoms. The van der Waals surface area contributed by atoms with Gasteiger partial charge < -0.3 is 10.6 Å². The van der Waals surface area contributed by atoms with Gasteiger partial charge in [0.2, 0.25) is 11.8 Å². The average Bonchev–Trinajstić information content (AvgIpc) is 3.01. The van der Waals surface area contributed by atoms with Crippen LogP contribution in [0.5, 0.6) is 0 Å². The summed E-state index contributed by atoms with van der Waals surface area (Å²) in [7, 11) is 1.48. The number of likely N-dealkylation sites (N-methyl/N-ethyl adjacent to an activating group) is 1. The fourth-order valence-electron chi connectivity index (χ4n) is 3.79. The maximum absolute atomic E-state index is 12.4. The van der Waals surface area contributed by atoms with E-state index in [4.69, 9.17) is 0 Å². The Morgan fingerprint density at radius 3 is 2.90 bits per heavy atom. The highest BCUT2D eigenvalue weighted by Gasteiger charge is 2.43. The minimum atomic E-state index is -0.549. The number of carbonyl (C=O) groups is 3. The first-order valence-electron chi connectivity index (χ1n) is 7.42. The lowest BCUT2D eigenvalue weighted by Gasteiger charge is -2.29. The molecule has 0 aromatic heterocycles. The number of amides is 3. The molecule has 1 saturated carbocycles. The van der Waals surface area contributed by atoms with E-state index >= 15 is 0 Å². The van der Waals surface area contributed by atoms with E-state index in [1.807, 2.05) is 0 Å². The molecular weight excluding hydrogens is 258 g/mol. The molecule has 0 aromatic rings. The van der Waals surface area contributed by atoms with Crippen molar-refractivity contribution in [3.8, 4) is 0 Å². The van der Waals surface area contributed by atoms with Crippen molar-refractivity contribution in [2.45, 2.75) is 44.2 Å². The lowest BCUT2D eigenvalue weighted by molar-refractivity contribution is -0.149. The summed E-state index contributed by atoms with van der Waals surface area (Å²) in [6.45, 7) is 0.903. The number of hydrogen-bond acceptors (Lipinski definition) is 4. The fourth-order valence-corrected chi connectivity index (χ4v) is 3.79. The summed E-state index contributed by atoms with van der Waals surface area (Å²) in [5, 5.41) is 6.11. The highest BCUT2D eigenvalue weighted by atomic mass is 16.2. The van der Waals surface area contributed by atoms with Crippen LogP contribution in [-0.4, -0.2) is 48.3 Å². The molecular formula is C14H21N3O3. The molecule has 2 N–H and O–H groups in total. The number of hydrogen-bond donors (Lipinski definition) is 2. The number of imide groups is 1. The molecule has 1 aliphatic carbocycles. The first-order valence-corrected chi connectivity index (χ1v) is 7.42. The third-order valence-electron chi connectivity index (χ3n) is 4.99. The predicted octanol–water partition coefficient (Wildman–Crippen LogP) is -0.362. The van der Waals surface area contributed by atoms with E-state index in [-0.39, 0.29) is 23.8 Å². The van der Waals surface area contributed by atoms with Crippen LogP contribution in [0, 0.1) is 11.8 Å². The zero-order valence-electron chi connectivity index (χ0n) is 11.7. The molecule has 20 heavy (non-hydrogen) atoms. The highest BCUT2D eigenvalue weighted by molar-refractivity contribution is 6.01. The largest absolute Gasteiger partial charge is 0.343 e. The number of piperidine rings is 1. The predicted molar refractivity (Wildman–Crippen MR) is 71.6 cm³/mol. The highest BCUT2D eigenvalue weighted by Crippen LogP contribution is 2.37. The van der Waals surface area contributed by atoms with Crippen LogP contribution in [0.15, 0.2) is 0 Å². The SMILES string of the molecule is CN1C(=O)CCC(NC(=O)C2NCC3CCCC32)C1=O. The molecule has 3 amide bonds. The molecule has 6 nitrogen and oxygen atoms in total. The van der Waals surface area contributed by atoms with Gasteiger partial charge in [-0.1, -0.05) is 6.42 Å². The van der Waals surface area contributed by atoms with Crippen molar-refractivity contribution >= 4 is 17.7 Å². The zero-order valence-corrected chi connectivity index (χ0v) is 11.7. The summed E-state index contributed by atoms with van der Waals surface area (Å²) in [4.78, 5) is 36.9. The molecule has 2 aliphatic heterocycles. The van der Waals surface area contributed by atoms with E-state index in [1.54, 1.807) is 0 Å². The molecule has 2 saturated heterocycles. The van der Waals surface area contributed by atoms with Crippen molar-refractivity contribution in [1.82, 2.24) is 15.5 Å². The Kier molecular flexibility index (Phi) is 3.50. The maximum atomic E-state index is 12.4. The second-order valence-corrected chi connectivity index (χ2v) is 6.13. The van der Waals surface area contributed by atoms with Crippen LogP contribution in [-0.2, 0) is 14.4 Å². The Morgan fingerprint density at radius 2 is 2.10 bits per heavy atom. The summed E-state index contributed by atoms with van der Waals surface area (Å²) in [5.74, 6) is 0.469. The molecule has 3 fully saturated rings. The van der Waals surface area contributed by atoms with Gasteiger partial charge in [-0.2, -0.15) is 0 Å². The van der Waals surface area contributed by atoms with Crippen LogP contribution in [0.3, 0.4) is 0 Å². The molecule has 6 heteroatoms. The van der Waals surface area contributed by atoms with Gasteiger partial charge in [0.1, 0.15) is 6.04 Å². The van der Waals surface area contributed by atoms with Gasteiger partial charge in [0.15, 0.2) is 0 Å². The third-order valence-corrected chi connectivity index (χ3v) is 4.99. The van der Waals surface area contributed by atoms with Gasteiger partial charge in [-0.3, -0.25) is 19.3 Å². The summed E-state index contributed by atoms with van der Waals surface area (Å²) in [6.07, 6.45) is 4.21. The minimum absolute atomic E-state index is 0.0829. The van der Waals surface area contributed by atoms with E-state index in [0.717, 1.165) is 17.9 Å². The van der Waals surface area contributed by atoms with Gasteiger partial charge in [0.05, 0.1) is 6.04 Å². The quantitative estimate of drug-likeness (QED) is 0.677. The normalized spacial score (nSPS) is 37.1. The van der Waals surface area contributed by atoms with E-state index in [2.05, 4.69) is 10.6 Å². The second kappa shape index (κ2) is 5.16. The Hall–Kier alpha value is -1.43. The van der Waals surface area contributed by atoms with Crippen LogP contribution < -0.4 is 10.6 Å². The Labute approximate surface area is 118 Å². The number of fused-ring (bicyclic) bond motifs is 1. The molecule has 110 valence electrons. The Bertz CT molecular complexity index is 451. The smallest absolute Gasteiger partial charge is 0.251 e. The van der Waals surface area contributed by atoms with Crippen LogP contribution in [0.25, 0.3) is 0 Å². The number of likely N-dealkylation sites (tertiary alicyclic amines) is 1. The van der Waals surface area contributed by atoms with Crippen LogP contribution in [0.2, 0.25) is 0 Å². The molecule has 0 aromatic carbocycles. The minimum Gasteiger partial charge on any atom is -0.343 e. The Morgan fingerprint density at radius 1 is 1.30 bits per heavy atom. The van der Waals surface area contributed by atoms with Crippen molar-refractivity contribution in [3.63, 3.8) is 0 Å². The molecule has 4 atom stereocenters. The summed E-state index contributed by atoms with van der Waals surface area (Å²) in [5.41, 5.74) is 0. The topological polar surface area (TPSA) is 78.5 Å². The standard InChI is InChI=1S/C14H21N3O3/c1-17-11(18)6-5-10(14(17)20)16-13(19)12-9-4-2-3-8(9)7-15-12/h8-10,12,15H,2-7H2,1H3,(H,16,19). The number of nitrogens with zero attached hydrogens (tertiary/aromatic N) is 1.